The maximum atomic E-state index is 13.1. The molecule has 8 heteroatoms. The van der Waals surface area contributed by atoms with Crippen LogP contribution in [0.25, 0.3) is 10.9 Å². The molecule has 1 aromatic heterocycles. The highest BCUT2D eigenvalue weighted by atomic mass is 32.2. The van der Waals surface area contributed by atoms with Gasteiger partial charge in [-0.2, -0.15) is 4.31 Å². The number of benzene rings is 2. The predicted molar refractivity (Wildman–Crippen MR) is 123 cm³/mol. The van der Waals surface area contributed by atoms with Gasteiger partial charge in [0.25, 0.3) is 5.91 Å². The fourth-order valence-corrected chi connectivity index (χ4v) is 5.19. The topological polar surface area (TPSA) is 91.5 Å². The third-order valence-corrected chi connectivity index (χ3v) is 7.47. The van der Waals surface area contributed by atoms with Crippen molar-refractivity contribution in [2.75, 3.05) is 25.0 Å². The van der Waals surface area contributed by atoms with Gasteiger partial charge in [-0.1, -0.05) is 13.8 Å². The number of rotatable bonds is 8. The second-order valence-corrected chi connectivity index (χ2v) is 9.18. The fourth-order valence-electron chi connectivity index (χ4n) is 3.57. The van der Waals surface area contributed by atoms with E-state index in [0.29, 0.717) is 30.9 Å². The molecule has 0 aliphatic heterocycles. The van der Waals surface area contributed by atoms with Crippen molar-refractivity contribution in [1.82, 2.24) is 9.29 Å². The molecular weight excluding hydrogens is 414 g/mol. The number of fused-ring (bicyclic) bond motifs is 1. The average Bonchev–Trinajstić information content (AvgIpc) is 3.03. The maximum absolute atomic E-state index is 13.1. The van der Waals surface area contributed by atoms with Crippen molar-refractivity contribution in [2.24, 2.45) is 0 Å². The predicted octanol–water partition coefficient (Wildman–Crippen LogP) is 4.47. The van der Waals surface area contributed by atoms with Gasteiger partial charge in [-0.05, 0) is 62.7 Å². The molecule has 1 amide bonds. The standard InChI is InChI=1S/C23H29N3O4S/c1-6-26(7-2)31(28,29)22-14-18(10-12-21(22)30-8-3)25-23(27)17-9-11-20-19(13-17)15(4)16(5)24-20/h9-14,24H,6-8H2,1-5H3,(H,25,27). The largest absolute Gasteiger partial charge is 0.492 e. The third kappa shape index (κ3) is 4.45. The number of aromatic amines is 1. The average molecular weight is 444 g/mol. The summed E-state index contributed by atoms with van der Waals surface area (Å²) in [7, 11) is -3.76. The number of nitrogens with one attached hydrogen (secondary N) is 2. The van der Waals surface area contributed by atoms with Gasteiger partial charge in [-0.3, -0.25) is 4.79 Å². The number of carbonyl (C=O) groups is 1. The fraction of sp³-hybridized carbons (Fsp3) is 0.348. The molecule has 0 aliphatic rings. The Kier molecular flexibility index (Phi) is 6.71. The van der Waals surface area contributed by atoms with Crippen LogP contribution >= 0.6 is 0 Å². The lowest BCUT2D eigenvalue weighted by Crippen LogP contribution is -2.31. The van der Waals surface area contributed by atoms with Crippen LogP contribution in [-0.4, -0.2) is 43.3 Å². The van der Waals surface area contributed by atoms with Crippen molar-refractivity contribution in [3.05, 3.63) is 53.2 Å². The molecule has 0 aliphatic carbocycles. The van der Waals surface area contributed by atoms with Crippen LogP contribution < -0.4 is 10.1 Å². The second kappa shape index (κ2) is 9.11. The smallest absolute Gasteiger partial charge is 0.255 e. The van der Waals surface area contributed by atoms with Crippen molar-refractivity contribution >= 4 is 32.5 Å². The van der Waals surface area contributed by atoms with E-state index >= 15 is 0 Å². The lowest BCUT2D eigenvalue weighted by molar-refractivity contribution is 0.102. The summed E-state index contributed by atoms with van der Waals surface area (Å²) in [5.74, 6) is -0.0391. The van der Waals surface area contributed by atoms with E-state index in [1.807, 2.05) is 26.0 Å². The minimum atomic E-state index is -3.76. The molecule has 2 aromatic carbocycles. The summed E-state index contributed by atoms with van der Waals surface area (Å²) in [6, 6.07) is 10.1. The number of nitrogens with zero attached hydrogens (tertiary/aromatic N) is 1. The van der Waals surface area contributed by atoms with Crippen molar-refractivity contribution in [3.8, 4) is 5.75 Å². The summed E-state index contributed by atoms with van der Waals surface area (Å²) in [4.78, 5) is 16.2. The Hall–Kier alpha value is -2.84. The van der Waals surface area contributed by atoms with E-state index < -0.39 is 10.0 Å². The van der Waals surface area contributed by atoms with Crippen LogP contribution in [0.3, 0.4) is 0 Å². The number of ether oxygens (including phenoxy) is 1. The number of aromatic nitrogens is 1. The maximum Gasteiger partial charge on any atom is 0.255 e. The summed E-state index contributed by atoms with van der Waals surface area (Å²) < 4.78 is 33.1. The van der Waals surface area contributed by atoms with Gasteiger partial charge < -0.3 is 15.0 Å². The molecule has 3 aromatic rings. The Bertz CT molecular complexity index is 1210. The molecule has 166 valence electrons. The van der Waals surface area contributed by atoms with Gasteiger partial charge in [0.05, 0.1) is 6.61 Å². The highest BCUT2D eigenvalue weighted by Crippen LogP contribution is 2.30. The lowest BCUT2D eigenvalue weighted by atomic mass is 10.1. The van der Waals surface area contributed by atoms with Crippen molar-refractivity contribution < 1.29 is 17.9 Å². The first-order chi connectivity index (χ1) is 14.7. The van der Waals surface area contributed by atoms with E-state index in [2.05, 4.69) is 10.3 Å². The molecule has 0 bridgehead atoms. The Morgan fingerprint density at radius 2 is 1.77 bits per heavy atom. The van der Waals surface area contributed by atoms with Crippen LogP contribution in [-0.2, 0) is 10.0 Å². The zero-order valence-electron chi connectivity index (χ0n) is 18.6. The van der Waals surface area contributed by atoms with E-state index in [0.717, 1.165) is 22.2 Å². The Morgan fingerprint density at radius 1 is 1.06 bits per heavy atom. The summed E-state index contributed by atoms with van der Waals surface area (Å²) in [5.41, 5.74) is 4.02. The van der Waals surface area contributed by atoms with Crippen LogP contribution in [0.2, 0.25) is 0 Å². The molecule has 0 unspecified atom stereocenters. The molecule has 0 spiro atoms. The van der Waals surface area contributed by atoms with E-state index in [1.165, 1.54) is 10.4 Å². The number of H-pyrrole nitrogens is 1. The molecule has 0 saturated heterocycles. The summed E-state index contributed by atoms with van der Waals surface area (Å²) >= 11 is 0. The highest BCUT2D eigenvalue weighted by molar-refractivity contribution is 7.89. The van der Waals surface area contributed by atoms with Crippen molar-refractivity contribution in [1.29, 1.82) is 0 Å². The van der Waals surface area contributed by atoms with Gasteiger partial charge in [0.2, 0.25) is 10.0 Å². The molecular formula is C23H29N3O4S. The Labute approximate surface area is 183 Å². The summed E-state index contributed by atoms with van der Waals surface area (Å²) in [6.07, 6.45) is 0. The molecule has 1 heterocycles. The van der Waals surface area contributed by atoms with Crippen molar-refractivity contribution in [2.45, 2.75) is 39.5 Å². The number of anilines is 1. The van der Waals surface area contributed by atoms with Crippen LogP contribution in [0, 0.1) is 13.8 Å². The number of aryl methyl sites for hydroxylation is 2. The lowest BCUT2D eigenvalue weighted by Gasteiger charge is -2.21. The SMILES string of the molecule is CCOc1ccc(NC(=O)c2ccc3[nH]c(C)c(C)c3c2)cc1S(=O)(=O)N(CC)CC. The molecule has 0 saturated carbocycles. The first-order valence-electron chi connectivity index (χ1n) is 10.4. The summed E-state index contributed by atoms with van der Waals surface area (Å²) in [6.45, 7) is 10.4. The zero-order chi connectivity index (χ0) is 22.8. The number of amides is 1. The van der Waals surface area contributed by atoms with Gasteiger partial charge in [-0.25, -0.2) is 8.42 Å². The second-order valence-electron chi connectivity index (χ2n) is 7.27. The quantitative estimate of drug-likeness (QED) is 0.537. The monoisotopic (exact) mass is 443 g/mol. The van der Waals surface area contributed by atoms with Crippen molar-refractivity contribution in [3.63, 3.8) is 0 Å². The molecule has 0 fully saturated rings. The van der Waals surface area contributed by atoms with E-state index in [9.17, 15) is 13.2 Å². The van der Waals surface area contributed by atoms with Gasteiger partial charge in [0.1, 0.15) is 10.6 Å². The number of hydrogen-bond acceptors (Lipinski definition) is 4. The normalized spacial score (nSPS) is 11.8. The third-order valence-electron chi connectivity index (χ3n) is 5.40. The molecule has 0 atom stereocenters. The molecule has 31 heavy (non-hydrogen) atoms. The van der Waals surface area contributed by atoms with E-state index in [-0.39, 0.29) is 16.6 Å². The first kappa shape index (κ1) is 22.8. The summed E-state index contributed by atoms with van der Waals surface area (Å²) in [5, 5.41) is 3.81. The zero-order valence-corrected chi connectivity index (χ0v) is 19.4. The Balaban J connectivity index is 1.96. The van der Waals surface area contributed by atoms with E-state index in [4.69, 9.17) is 4.74 Å². The van der Waals surface area contributed by atoms with Gasteiger partial charge in [0.15, 0.2) is 0 Å². The molecule has 3 rings (SSSR count). The molecule has 0 radical (unpaired) electrons. The molecule has 2 N–H and O–H groups in total. The number of hydrogen-bond donors (Lipinski definition) is 2. The highest BCUT2D eigenvalue weighted by Gasteiger charge is 2.26. The molecule has 7 nitrogen and oxygen atoms in total. The van der Waals surface area contributed by atoms with E-state index in [1.54, 1.807) is 39.0 Å². The first-order valence-corrected chi connectivity index (χ1v) is 11.8. The number of carbonyl (C=O) groups excluding carboxylic acids is 1. The van der Waals surface area contributed by atoms with Crippen LogP contribution in [0.5, 0.6) is 5.75 Å². The minimum absolute atomic E-state index is 0.0448. The Morgan fingerprint density at radius 3 is 2.42 bits per heavy atom. The van der Waals surface area contributed by atoms with Crippen LogP contribution in [0.15, 0.2) is 41.3 Å². The van der Waals surface area contributed by atoms with Gasteiger partial charge >= 0.3 is 0 Å². The minimum Gasteiger partial charge on any atom is -0.492 e. The van der Waals surface area contributed by atoms with Crippen LogP contribution in [0.1, 0.15) is 42.4 Å². The van der Waals surface area contributed by atoms with Gasteiger partial charge in [0, 0.05) is 40.9 Å². The van der Waals surface area contributed by atoms with Gasteiger partial charge in [-0.15, -0.1) is 0 Å². The number of sulfonamides is 1. The van der Waals surface area contributed by atoms with Crippen LogP contribution in [0.4, 0.5) is 5.69 Å².